The molecular weight excluding hydrogens is 328 g/mol. The maximum atomic E-state index is 12.4. The number of amides is 1. The first-order valence-electron chi connectivity index (χ1n) is 8.56. The van der Waals surface area contributed by atoms with Gasteiger partial charge in [-0.2, -0.15) is 0 Å². The molecule has 0 aliphatic heterocycles. The van der Waals surface area contributed by atoms with Crippen LogP contribution in [0.15, 0.2) is 54.9 Å². The van der Waals surface area contributed by atoms with Crippen molar-refractivity contribution in [2.45, 2.75) is 12.5 Å². The van der Waals surface area contributed by atoms with Gasteiger partial charge in [-0.1, -0.05) is 18.2 Å². The molecule has 6 nitrogen and oxygen atoms in total. The number of rotatable bonds is 7. The molecule has 1 amide bonds. The van der Waals surface area contributed by atoms with Gasteiger partial charge in [0.1, 0.15) is 11.4 Å². The van der Waals surface area contributed by atoms with Crippen molar-refractivity contribution in [2.24, 2.45) is 0 Å². The van der Waals surface area contributed by atoms with Crippen molar-refractivity contribution in [3.63, 3.8) is 0 Å². The SMILES string of the molecule is COc1cccc(C(CNC(=O)Cc2cn3ccccc3n2)N(C)C)c1. The second kappa shape index (κ2) is 8.01. The van der Waals surface area contributed by atoms with Crippen molar-refractivity contribution in [3.05, 3.63) is 66.1 Å². The minimum Gasteiger partial charge on any atom is -0.497 e. The largest absolute Gasteiger partial charge is 0.497 e. The van der Waals surface area contributed by atoms with E-state index < -0.39 is 0 Å². The van der Waals surface area contributed by atoms with Crippen LogP contribution < -0.4 is 10.1 Å². The Morgan fingerprint density at radius 3 is 2.85 bits per heavy atom. The molecule has 2 heterocycles. The van der Waals surface area contributed by atoms with E-state index in [1.54, 1.807) is 7.11 Å². The van der Waals surface area contributed by atoms with E-state index in [0.717, 1.165) is 22.7 Å². The Bertz CT molecular complexity index is 855. The molecule has 2 aromatic heterocycles. The number of methoxy groups -OCH3 is 1. The molecule has 0 radical (unpaired) electrons. The van der Waals surface area contributed by atoms with Crippen LogP contribution in [-0.4, -0.2) is 47.9 Å². The van der Waals surface area contributed by atoms with Gasteiger partial charge in [0, 0.05) is 18.9 Å². The molecule has 0 aliphatic rings. The first kappa shape index (κ1) is 17.9. The number of likely N-dealkylation sites (N-methyl/N-ethyl adjacent to an activating group) is 1. The van der Waals surface area contributed by atoms with Gasteiger partial charge in [0.25, 0.3) is 0 Å². The van der Waals surface area contributed by atoms with Crippen molar-refractivity contribution in [2.75, 3.05) is 27.7 Å². The normalized spacial score (nSPS) is 12.3. The second-order valence-electron chi connectivity index (χ2n) is 6.44. The van der Waals surface area contributed by atoms with Crippen LogP contribution in [0.5, 0.6) is 5.75 Å². The lowest BCUT2D eigenvalue weighted by molar-refractivity contribution is -0.120. The first-order chi connectivity index (χ1) is 12.6. The van der Waals surface area contributed by atoms with E-state index in [-0.39, 0.29) is 18.4 Å². The summed E-state index contributed by atoms with van der Waals surface area (Å²) in [6, 6.07) is 13.8. The summed E-state index contributed by atoms with van der Waals surface area (Å²) in [4.78, 5) is 18.9. The van der Waals surface area contributed by atoms with Crippen molar-refractivity contribution in [3.8, 4) is 5.75 Å². The fourth-order valence-electron chi connectivity index (χ4n) is 2.96. The molecule has 0 spiro atoms. The highest BCUT2D eigenvalue weighted by atomic mass is 16.5. The summed E-state index contributed by atoms with van der Waals surface area (Å²) in [5, 5.41) is 3.02. The van der Waals surface area contributed by atoms with Crippen molar-refractivity contribution >= 4 is 11.6 Å². The van der Waals surface area contributed by atoms with Crippen LogP contribution in [0.25, 0.3) is 5.65 Å². The highest BCUT2D eigenvalue weighted by molar-refractivity contribution is 5.78. The second-order valence-corrected chi connectivity index (χ2v) is 6.44. The van der Waals surface area contributed by atoms with Crippen molar-refractivity contribution in [1.29, 1.82) is 0 Å². The van der Waals surface area contributed by atoms with Gasteiger partial charge in [0.2, 0.25) is 5.91 Å². The number of carbonyl (C=O) groups excluding carboxylic acids is 1. The Hall–Kier alpha value is -2.86. The third kappa shape index (κ3) is 4.21. The van der Waals surface area contributed by atoms with Crippen molar-refractivity contribution in [1.82, 2.24) is 19.6 Å². The smallest absolute Gasteiger partial charge is 0.226 e. The summed E-state index contributed by atoms with van der Waals surface area (Å²) in [5.74, 6) is 0.772. The lowest BCUT2D eigenvalue weighted by Gasteiger charge is -2.25. The summed E-state index contributed by atoms with van der Waals surface area (Å²) in [7, 11) is 5.65. The molecule has 136 valence electrons. The number of nitrogens with one attached hydrogen (secondary N) is 1. The van der Waals surface area contributed by atoms with E-state index in [0.29, 0.717) is 6.54 Å². The molecule has 1 aromatic carbocycles. The van der Waals surface area contributed by atoms with Gasteiger partial charge < -0.3 is 19.4 Å². The number of imidazole rings is 1. The lowest BCUT2D eigenvalue weighted by atomic mass is 10.1. The Morgan fingerprint density at radius 1 is 1.27 bits per heavy atom. The summed E-state index contributed by atoms with van der Waals surface area (Å²) >= 11 is 0. The summed E-state index contributed by atoms with van der Waals surface area (Å²) in [6.07, 6.45) is 4.08. The van der Waals surface area contributed by atoms with Crippen LogP contribution in [0.1, 0.15) is 17.3 Å². The predicted molar refractivity (Wildman–Crippen MR) is 101 cm³/mol. The van der Waals surface area contributed by atoms with E-state index in [2.05, 4.69) is 15.2 Å². The minimum atomic E-state index is -0.0387. The zero-order chi connectivity index (χ0) is 18.5. The Kier molecular flexibility index (Phi) is 5.53. The zero-order valence-corrected chi connectivity index (χ0v) is 15.3. The fourth-order valence-corrected chi connectivity index (χ4v) is 2.96. The number of aromatic nitrogens is 2. The van der Waals surface area contributed by atoms with Crippen LogP contribution in [0, 0.1) is 0 Å². The van der Waals surface area contributed by atoms with Gasteiger partial charge in [-0.15, -0.1) is 0 Å². The highest BCUT2D eigenvalue weighted by Crippen LogP contribution is 2.22. The number of carbonyl (C=O) groups is 1. The number of benzene rings is 1. The number of hydrogen-bond donors (Lipinski definition) is 1. The lowest BCUT2D eigenvalue weighted by Crippen LogP contribution is -2.35. The van der Waals surface area contributed by atoms with Gasteiger partial charge in [-0.3, -0.25) is 4.79 Å². The topological polar surface area (TPSA) is 58.9 Å². The van der Waals surface area contributed by atoms with Gasteiger partial charge in [-0.25, -0.2) is 4.98 Å². The molecule has 0 saturated heterocycles. The number of ether oxygens (including phenoxy) is 1. The minimum absolute atomic E-state index is 0.0387. The number of pyridine rings is 1. The van der Waals surface area contributed by atoms with E-state index in [1.165, 1.54) is 0 Å². The predicted octanol–water partition coefficient (Wildman–Crippen LogP) is 2.30. The van der Waals surface area contributed by atoms with Gasteiger partial charge in [0.05, 0.1) is 25.3 Å². The van der Waals surface area contributed by atoms with Crippen LogP contribution in [0.4, 0.5) is 0 Å². The third-order valence-corrected chi connectivity index (χ3v) is 4.35. The molecule has 3 aromatic rings. The third-order valence-electron chi connectivity index (χ3n) is 4.35. The van der Waals surface area contributed by atoms with Crippen LogP contribution in [0.3, 0.4) is 0 Å². The fraction of sp³-hybridized carbons (Fsp3) is 0.300. The maximum Gasteiger partial charge on any atom is 0.226 e. The van der Waals surface area contributed by atoms with Crippen LogP contribution in [-0.2, 0) is 11.2 Å². The molecule has 0 saturated carbocycles. The van der Waals surface area contributed by atoms with E-state index in [9.17, 15) is 4.79 Å². The maximum absolute atomic E-state index is 12.4. The molecule has 6 heteroatoms. The number of nitrogens with zero attached hydrogens (tertiary/aromatic N) is 3. The summed E-state index contributed by atoms with van der Waals surface area (Å²) in [6.45, 7) is 0.520. The zero-order valence-electron chi connectivity index (χ0n) is 15.3. The van der Waals surface area contributed by atoms with Crippen molar-refractivity contribution < 1.29 is 9.53 Å². The van der Waals surface area contributed by atoms with Crippen LogP contribution >= 0.6 is 0 Å². The van der Waals surface area contributed by atoms with Gasteiger partial charge in [0.15, 0.2) is 0 Å². The average Bonchev–Trinajstić information content (AvgIpc) is 3.04. The quantitative estimate of drug-likeness (QED) is 0.709. The Morgan fingerprint density at radius 2 is 2.12 bits per heavy atom. The molecule has 1 unspecified atom stereocenters. The Labute approximate surface area is 153 Å². The molecule has 0 fully saturated rings. The summed E-state index contributed by atoms with van der Waals surface area (Å²) in [5.41, 5.74) is 2.71. The molecule has 0 bridgehead atoms. The molecule has 26 heavy (non-hydrogen) atoms. The number of fused-ring (bicyclic) bond motifs is 1. The van der Waals surface area contributed by atoms with Gasteiger partial charge >= 0.3 is 0 Å². The molecule has 0 aliphatic carbocycles. The average molecular weight is 352 g/mol. The molecular formula is C20H24N4O2. The van der Waals surface area contributed by atoms with E-state index >= 15 is 0 Å². The van der Waals surface area contributed by atoms with E-state index in [4.69, 9.17) is 4.74 Å². The standard InChI is InChI=1S/C20H24N4O2/c1-23(2)18(15-7-6-8-17(11-15)26-3)13-21-20(25)12-16-14-24-10-5-4-9-19(24)22-16/h4-11,14,18H,12-13H2,1-3H3,(H,21,25). The van der Waals surface area contributed by atoms with E-state index in [1.807, 2.05) is 73.4 Å². The van der Waals surface area contributed by atoms with Gasteiger partial charge in [-0.05, 0) is 43.9 Å². The highest BCUT2D eigenvalue weighted by Gasteiger charge is 2.16. The molecule has 1 N–H and O–H groups in total. The first-order valence-corrected chi connectivity index (χ1v) is 8.56. The monoisotopic (exact) mass is 352 g/mol. The molecule has 3 rings (SSSR count). The summed E-state index contributed by atoms with van der Waals surface area (Å²) < 4.78 is 7.22. The number of hydrogen-bond acceptors (Lipinski definition) is 4. The van der Waals surface area contributed by atoms with Crippen LogP contribution in [0.2, 0.25) is 0 Å². The Balaban J connectivity index is 1.63. The molecule has 1 atom stereocenters.